The van der Waals surface area contributed by atoms with Gasteiger partial charge in [0.25, 0.3) is 6.47 Å². The molecule has 34 heavy (non-hydrogen) atoms. The molecule has 2 aromatic rings. The summed E-state index contributed by atoms with van der Waals surface area (Å²) in [7, 11) is 2.47. The van der Waals surface area contributed by atoms with Crippen LogP contribution in [0.3, 0.4) is 0 Å². The van der Waals surface area contributed by atoms with Gasteiger partial charge < -0.3 is 25.4 Å². The smallest absolute Gasteiger partial charge is 0.662 e. The van der Waals surface area contributed by atoms with Gasteiger partial charge in [-0.05, 0) is 49.2 Å². The van der Waals surface area contributed by atoms with Gasteiger partial charge in [0.2, 0.25) is 0 Å². The Kier molecular flexibility index (Phi) is 31.0. The van der Waals surface area contributed by atoms with Crippen LogP contribution < -0.4 is 45.9 Å². The summed E-state index contributed by atoms with van der Waals surface area (Å²) in [6.45, 7) is 3.17. The van der Waals surface area contributed by atoms with Crippen LogP contribution in [0, 0.1) is 25.5 Å². The molecule has 2 aromatic carbocycles. The van der Waals surface area contributed by atoms with Crippen LogP contribution in [0.2, 0.25) is 0 Å². The van der Waals surface area contributed by atoms with Crippen molar-refractivity contribution < 1.29 is 72.3 Å². The van der Waals surface area contributed by atoms with E-state index in [1.807, 2.05) is 0 Å². The fraction of sp³-hybridized carbons (Fsp3) is 0.286. The maximum Gasteiger partial charge on any atom is 1.00 e. The Morgan fingerprint density at radius 1 is 1.00 bits per heavy atom. The fourth-order valence-corrected chi connectivity index (χ4v) is 1.45. The van der Waals surface area contributed by atoms with Crippen LogP contribution >= 0.6 is 11.6 Å². The number of amides is 1. The van der Waals surface area contributed by atoms with E-state index in [-0.39, 0.29) is 62.5 Å². The molecule has 2 rings (SSSR count). The van der Waals surface area contributed by atoms with Crippen LogP contribution in [0.25, 0.3) is 0 Å². The first-order valence-corrected chi connectivity index (χ1v) is 8.48. The Labute approximate surface area is 225 Å². The number of methoxy groups -OCH3 is 2. The third-order valence-corrected chi connectivity index (χ3v) is 3.15. The quantitative estimate of drug-likeness (QED) is 0.153. The number of nitrogen functional groups attached to an aromatic ring is 1. The van der Waals surface area contributed by atoms with Gasteiger partial charge in [0, 0.05) is 23.0 Å². The van der Waals surface area contributed by atoms with Gasteiger partial charge in [0.1, 0.15) is 11.6 Å². The zero-order valence-electron chi connectivity index (χ0n) is 18.1. The van der Waals surface area contributed by atoms with Crippen molar-refractivity contribution in [1.29, 1.82) is 0 Å². The first-order chi connectivity index (χ1) is 14.5. The van der Waals surface area contributed by atoms with Crippen molar-refractivity contribution in [3.63, 3.8) is 0 Å². The molecule has 0 saturated carbocycles. The third kappa shape index (κ3) is 22.7. The molecule has 0 atom stereocenters. The Morgan fingerprint density at radius 3 is 1.71 bits per heavy atom. The Morgan fingerprint density at radius 2 is 1.41 bits per heavy atom. The molecule has 188 valence electrons. The average Bonchev–Trinajstić information content (AvgIpc) is 2.74. The van der Waals surface area contributed by atoms with Crippen molar-refractivity contribution in [3.8, 4) is 0 Å². The summed E-state index contributed by atoms with van der Waals surface area (Å²) in [5, 5.41) is 10.8. The summed E-state index contributed by atoms with van der Waals surface area (Å²) in [5.41, 5.74) is 6.54. The summed E-state index contributed by atoms with van der Waals surface area (Å²) in [5.74, 6) is -0.594. The number of carbonyl (C=O) groups excluding carboxylic acids is 3. The number of halogens is 3. The number of nitrogens with one attached hydrogen (secondary N) is 1. The van der Waals surface area contributed by atoms with Crippen molar-refractivity contribution in [2.24, 2.45) is 0 Å². The molecule has 0 bridgehead atoms. The van der Waals surface area contributed by atoms with Gasteiger partial charge in [0.05, 0.1) is 14.2 Å². The molecule has 0 heterocycles. The number of ether oxygens (including phenoxy) is 2. The molecule has 0 spiro atoms. The molecule has 0 aliphatic rings. The first-order valence-electron chi connectivity index (χ1n) is 8.10. The summed E-state index contributed by atoms with van der Waals surface area (Å²) in [6.07, 6.45) is -0.608. The molecular weight excluding hydrogens is 489 g/mol. The number of hydrogen-bond acceptors (Lipinski definition) is 8. The van der Waals surface area contributed by atoms with Gasteiger partial charge in [-0.25, -0.2) is 18.4 Å². The first kappa shape index (κ1) is 41.8. The molecule has 9 nitrogen and oxygen atoms in total. The van der Waals surface area contributed by atoms with Crippen molar-refractivity contribution >= 4 is 41.0 Å². The zero-order chi connectivity index (χ0) is 24.4. The molecule has 1 amide bonds. The molecule has 0 unspecified atom stereocenters. The van der Waals surface area contributed by atoms with Gasteiger partial charge in [-0.2, -0.15) is 0 Å². The molecule has 0 fully saturated rings. The second kappa shape index (κ2) is 25.2. The van der Waals surface area contributed by atoms with E-state index in [9.17, 15) is 18.4 Å². The minimum Gasteiger partial charge on any atom is -0.662 e. The number of carbonyl (C=O) groups is 3. The van der Waals surface area contributed by atoms with Crippen LogP contribution in [0.5, 0.6) is 0 Å². The average molecular weight is 519 g/mol. The van der Waals surface area contributed by atoms with E-state index in [1.165, 1.54) is 26.4 Å². The number of anilines is 2. The molecule has 0 aliphatic carbocycles. The Balaban J connectivity index is -0.000000118. The summed E-state index contributed by atoms with van der Waals surface area (Å²) >= 11 is 4.60. The van der Waals surface area contributed by atoms with Crippen molar-refractivity contribution in [2.45, 2.75) is 28.7 Å². The van der Waals surface area contributed by atoms with Crippen molar-refractivity contribution in [3.05, 3.63) is 59.2 Å². The van der Waals surface area contributed by atoms with Crippen LogP contribution in [-0.4, -0.2) is 32.2 Å². The Hall–Kier alpha value is -2.44. The topological polar surface area (TPSA) is 140 Å². The summed E-state index contributed by atoms with van der Waals surface area (Å²) in [4.78, 5) is 31.3. The van der Waals surface area contributed by atoms with E-state index in [0.29, 0.717) is 22.5 Å². The van der Waals surface area contributed by atoms with Gasteiger partial charge in [-0.15, -0.1) is 0 Å². The molecule has 0 aliphatic heterocycles. The second-order valence-electron chi connectivity index (χ2n) is 5.22. The van der Waals surface area contributed by atoms with E-state index >= 15 is 0 Å². The summed E-state index contributed by atoms with van der Waals surface area (Å²) in [6, 6.07) is 9.08. The number of hydrogen-bond donors (Lipinski definition) is 2. The summed E-state index contributed by atoms with van der Waals surface area (Å²) < 4.78 is 33.7. The molecule has 0 aromatic heterocycles. The van der Waals surface area contributed by atoms with Crippen molar-refractivity contribution in [1.82, 2.24) is 0 Å². The van der Waals surface area contributed by atoms with Gasteiger partial charge in [0.15, 0.2) is 0 Å². The van der Waals surface area contributed by atoms with E-state index in [4.69, 9.17) is 15.8 Å². The van der Waals surface area contributed by atoms with Crippen LogP contribution in [0.15, 0.2) is 36.4 Å². The third-order valence-electron chi connectivity index (χ3n) is 3.00. The van der Waals surface area contributed by atoms with Gasteiger partial charge in [-0.3, -0.25) is 10.1 Å². The number of benzene rings is 2. The van der Waals surface area contributed by atoms with Crippen LogP contribution in [0.1, 0.15) is 26.0 Å². The molecule has 13 heteroatoms. The second-order valence-corrected chi connectivity index (χ2v) is 5.53. The van der Waals surface area contributed by atoms with E-state index in [2.05, 4.69) is 31.3 Å². The van der Waals surface area contributed by atoms with Crippen molar-refractivity contribution in [2.75, 3.05) is 25.3 Å². The number of nitrogens with two attached hydrogens (primary N) is 1. The standard InChI is InChI=1S/C9H10FNO2.C7H8FN.C2H3ClO2.CH2O3.2CH4.Na/c1-6-3-4-7(5-8(6)10)11-9(12)13-2;1-5-2-3-6(9)4-7(5)8;1-5-2(3)4;2-1-4-3;;;/h3-5H,1-2H3,(H,11,12);2-4H,9H2,1H3;1H3;1,3H;2*1H4;/q;;;;;;+1/p-1. The monoisotopic (exact) mass is 518 g/mol. The Bertz CT molecular complexity index is 847. The normalized spacial score (nSPS) is 7.76. The molecule has 0 saturated heterocycles. The molecule has 3 N–H and O–H groups in total. The maximum absolute atomic E-state index is 12.9. The van der Waals surface area contributed by atoms with Gasteiger partial charge in [-0.1, -0.05) is 27.0 Å². The zero-order valence-corrected chi connectivity index (χ0v) is 20.9. The number of aryl methyl sites for hydroxylation is 2. The predicted octanol–water partition coefficient (Wildman–Crippen LogP) is 1.73. The SMILES string of the molecule is C.C.COC(=O)Cl.COC(=O)Nc1ccc(C)c(F)c1.Cc1ccc(N)cc1F.O=CO[O-].[Na+]. The van der Waals surface area contributed by atoms with Crippen LogP contribution in [-0.2, 0) is 19.2 Å². The van der Waals surface area contributed by atoms with E-state index in [0.717, 1.165) is 0 Å². The minimum absolute atomic E-state index is 0. The minimum atomic E-state index is -0.773. The fourth-order valence-electron chi connectivity index (χ4n) is 1.45. The number of rotatable bonds is 2. The molecular formula is C21H30ClF2N2NaO7. The van der Waals surface area contributed by atoms with Crippen LogP contribution in [0.4, 0.5) is 29.7 Å². The predicted molar refractivity (Wildman–Crippen MR) is 122 cm³/mol. The maximum atomic E-state index is 12.9. The largest absolute Gasteiger partial charge is 1.00 e. The van der Waals surface area contributed by atoms with Gasteiger partial charge >= 0.3 is 41.1 Å². The molecule has 0 radical (unpaired) electrons. The van der Waals surface area contributed by atoms with E-state index in [1.54, 1.807) is 38.1 Å². The van der Waals surface area contributed by atoms with E-state index < -0.39 is 11.5 Å².